The van der Waals surface area contributed by atoms with Gasteiger partial charge in [-0.15, -0.1) is 0 Å². The average Bonchev–Trinajstić information content (AvgIpc) is 2.71. The zero-order chi connectivity index (χ0) is 18.4. The third-order valence-electron chi connectivity index (χ3n) is 5.27. The number of benzene rings is 2. The molecule has 2 aromatic rings. The van der Waals surface area contributed by atoms with Gasteiger partial charge in [-0.3, -0.25) is 4.90 Å². The minimum absolute atomic E-state index is 0.966. The highest BCUT2D eigenvalue weighted by Gasteiger charge is 2.19. The number of hydrogen-bond acceptors (Lipinski definition) is 4. The normalized spacial score (nSPS) is 15.1. The minimum Gasteiger partial charge on any atom is -0.495 e. The van der Waals surface area contributed by atoms with E-state index in [-0.39, 0.29) is 0 Å². The lowest BCUT2D eigenvalue weighted by Gasteiger charge is -2.36. The Balaban J connectivity index is 1.55. The Morgan fingerprint density at radius 2 is 1.54 bits per heavy atom. The molecule has 0 N–H and O–H groups in total. The van der Waals surface area contributed by atoms with Gasteiger partial charge in [-0.05, 0) is 43.7 Å². The van der Waals surface area contributed by atoms with Crippen LogP contribution in [0, 0.1) is 0 Å². The highest BCUT2D eigenvalue weighted by Crippen LogP contribution is 2.28. The molecule has 0 amide bonds. The Bertz CT molecular complexity index is 674. The van der Waals surface area contributed by atoms with E-state index in [1.807, 2.05) is 12.1 Å². The Morgan fingerprint density at radius 3 is 2.15 bits per heavy atom. The fourth-order valence-corrected chi connectivity index (χ4v) is 3.70. The van der Waals surface area contributed by atoms with Crippen LogP contribution < -0.4 is 14.5 Å². The molecule has 1 aliphatic rings. The Kier molecular flexibility index (Phi) is 6.40. The number of piperazine rings is 1. The summed E-state index contributed by atoms with van der Waals surface area (Å²) in [7, 11) is 1.75. The van der Waals surface area contributed by atoms with Crippen LogP contribution in [0.4, 0.5) is 11.4 Å². The molecule has 3 rings (SSSR count). The average molecular weight is 354 g/mol. The lowest BCUT2D eigenvalue weighted by molar-refractivity contribution is 0.249. The monoisotopic (exact) mass is 353 g/mol. The molecule has 0 spiro atoms. The highest BCUT2D eigenvalue weighted by atomic mass is 16.5. The molecule has 26 heavy (non-hydrogen) atoms. The van der Waals surface area contributed by atoms with Crippen molar-refractivity contribution in [2.45, 2.75) is 20.4 Å². The summed E-state index contributed by atoms with van der Waals surface area (Å²) in [6, 6.07) is 17.4. The van der Waals surface area contributed by atoms with Crippen molar-refractivity contribution in [3.63, 3.8) is 0 Å². The van der Waals surface area contributed by atoms with E-state index in [9.17, 15) is 0 Å². The maximum Gasteiger partial charge on any atom is 0.142 e. The van der Waals surface area contributed by atoms with Crippen LogP contribution in [0.1, 0.15) is 19.4 Å². The van der Waals surface area contributed by atoms with Gasteiger partial charge >= 0.3 is 0 Å². The predicted molar refractivity (Wildman–Crippen MR) is 110 cm³/mol. The summed E-state index contributed by atoms with van der Waals surface area (Å²) in [6.45, 7) is 11.8. The smallest absolute Gasteiger partial charge is 0.142 e. The molecule has 4 nitrogen and oxygen atoms in total. The molecule has 4 heteroatoms. The molecule has 0 saturated carbocycles. The van der Waals surface area contributed by atoms with Crippen molar-refractivity contribution in [3.8, 4) is 5.75 Å². The van der Waals surface area contributed by atoms with Gasteiger partial charge in [0.1, 0.15) is 5.75 Å². The van der Waals surface area contributed by atoms with Crippen molar-refractivity contribution in [1.29, 1.82) is 0 Å². The number of methoxy groups -OCH3 is 1. The van der Waals surface area contributed by atoms with Crippen LogP contribution in [-0.2, 0) is 6.54 Å². The van der Waals surface area contributed by atoms with Crippen LogP contribution >= 0.6 is 0 Å². The summed E-state index contributed by atoms with van der Waals surface area (Å²) in [4.78, 5) is 7.35. The predicted octanol–water partition coefficient (Wildman–Crippen LogP) is 3.86. The molecule has 140 valence electrons. The van der Waals surface area contributed by atoms with Crippen molar-refractivity contribution >= 4 is 11.4 Å². The van der Waals surface area contributed by atoms with E-state index in [4.69, 9.17) is 4.74 Å². The first kappa shape index (κ1) is 18.6. The standard InChI is InChI=1S/C22H31N3O/c1-4-24(5-2)20-12-10-19(11-13-20)18-23-14-16-25(17-15-23)21-8-6-7-9-22(21)26-3/h6-13H,4-5,14-18H2,1-3H3. The molecular formula is C22H31N3O. The molecule has 0 aromatic heterocycles. The Morgan fingerprint density at radius 1 is 0.885 bits per heavy atom. The third-order valence-corrected chi connectivity index (χ3v) is 5.27. The Hall–Kier alpha value is -2.20. The maximum absolute atomic E-state index is 5.51. The molecule has 1 saturated heterocycles. The number of anilines is 2. The Labute approximate surface area is 158 Å². The van der Waals surface area contributed by atoms with Gasteiger partial charge in [0.15, 0.2) is 0 Å². The van der Waals surface area contributed by atoms with Crippen molar-refractivity contribution in [3.05, 3.63) is 54.1 Å². The fourth-order valence-electron chi connectivity index (χ4n) is 3.70. The highest BCUT2D eigenvalue weighted by molar-refractivity contribution is 5.58. The molecule has 1 heterocycles. The van der Waals surface area contributed by atoms with E-state index < -0.39 is 0 Å². The van der Waals surface area contributed by atoms with E-state index in [0.717, 1.165) is 51.6 Å². The van der Waals surface area contributed by atoms with Gasteiger partial charge in [0, 0.05) is 51.5 Å². The van der Waals surface area contributed by atoms with Crippen LogP contribution in [0.2, 0.25) is 0 Å². The molecule has 0 atom stereocenters. The van der Waals surface area contributed by atoms with Crippen LogP contribution in [0.5, 0.6) is 5.75 Å². The lowest BCUT2D eigenvalue weighted by atomic mass is 10.1. The van der Waals surface area contributed by atoms with Gasteiger partial charge in [0.05, 0.1) is 12.8 Å². The van der Waals surface area contributed by atoms with Crippen LogP contribution in [0.3, 0.4) is 0 Å². The summed E-state index contributed by atoms with van der Waals surface area (Å²) in [6.07, 6.45) is 0. The lowest BCUT2D eigenvalue weighted by Crippen LogP contribution is -2.46. The molecule has 0 bridgehead atoms. The van der Waals surface area contributed by atoms with Crippen molar-refractivity contribution in [2.24, 2.45) is 0 Å². The maximum atomic E-state index is 5.51. The molecule has 0 unspecified atom stereocenters. The van der Waals surface area contributed by atoms with E-state index in [1.165, 1.54) is 16.9 Å². The second-order valence-corrected chi connectivity index (χ2v) is 6.77. The van der Waals surface area contributed by atoms with Gasteiger partial charge in [-0.1, -0.05) is 24.3 Å². The SMILES string of the molecule is CCN(CC)c1ccc(CN2CCN(c3ccccc3OC)CC2)cc1. The summed E-state index contributed by atoms with van der Waals surface area (Å²) < 4.78 is 5.51. The topological polar surface area (TPSA) is 19.0 Å². The van der Waals surface area contributed by atoms with Gasteiger partial charge < -0.3 is 14.5 Å². The molecule has 0 aliphatic carbocycles. The van der Waals surface area contributed by atoms with Gasteiger partial charge in [0.25, 0.3) is 0 Å². The van der Waals surface area contributed by atoms with E-state index in [2.05, 4.69) is 64.9 Å². The first-order valence-electron chi connectivity index (χ1n) is 9.69. The second kappa shape index (κ2) is 8.95. The fraction of sp³-hybridized carbons (Fsp3) is 0.455. The van der Waals surface area contributed by atoms with Crippen molar-refractivity contribution in [2.75, 3.05) is 56.2 Å². The van der Waals surface area contributed by atoms with E-state index in [1.54, 1.807) is 7.11 Å². The van der Waals surface area contributed by atoms with Crippen LogP contribution in [0.15, 0.2) is 48.5 Å². The third kappa shape index (κ3) is 4.31. The zero-order valence-electron chi connectivity index (χ0n) is 16.3. The summed E-state index contributed by atoms with van der Waals surface area (Å²) in [5.41, 5.74) is 3.92. The number of hydrogen-bond donors (Lipinski definition) is 0. The number of ether oxygens (including phenoxy) is 1. The van der Waals surface area contributed by atoms with E-state index >= 15 is 0 Å². The van der Waals surface area contributed by atoms with E-state index in [0.29, 0.717) is 0 Å². The largest absolute Gasteiger partial charge is 0.495 e. The molecular weight excluding hydrogens is 322 g/mol. The first-order valence-corrected chi connectivity index (χ1v) is 9.69. The van der Waals surface area contributed by atoms with Crippen molar-refractivity contribution in [1.82, 2.24) is 4.90 Å². The molecule has 2 aromatic carbocycles. The minimum atomic E-state index is 0.966. The molecule has 0 radical (unpaired) electrons. The quantitative estimate of drug-likeness (QED) is 0.752. The molecule has 1 fully saturated rings. The summed E-state index contributed by atoms with van der Waals surface area (Å²) >= 11 is 0. The summed E-state index contributed by atoms with van der Waals surface area (Å²) in [5, 5.41) is 0. The number of nitrogens with zero attached hydrogens (tertiary/aromatic N) is 3. The van der Waals surface area contributed by atoms with Gasteiger partial charge in [0.2, 0.25) is 0 Å². The van der Waals surface area contributed by atoms with Gasteiger partial charge in [-0.25, -0.2) is 0 Å². The van der Waals surface area contributed by atoms with Crippen molar-refractivity contribution < 1.29 is 4.74 Å². The number of rotatable bonds is 7. The number of para-hydroxylation sites is 2. The van der Waals surface area contributed by atoms with Crippen LogP contribution in [0.25, 0.3) is 0 Å². The second-order valence-electron chi connectivity index (χ2n) is 6.77. The first-order chi connectivity index (χ1) is 12.7. The zero-order valence-corrected chi connectivity index (χ0v) is 16.3. The van der Waals surface area contributed by atoms with Gasteiger partial charge in [-0.2, -0.15) is 0 Å². The molecule has 1 aliphatic heterocycles. The van der Waals surface area contributed by atoms with Crippen LogP contribution in [-0.4, -0.2) is 51.3 Å². The summed E-state index contributed by atoms with van der Waals surface area (Å²) in [5.74, 6) is 0.966.